The lowest BCUT2D eigenvalue weighted by atomic mass is 9.81. The van der Waals surface area contributed by atoms with Gasteiger partial charge in [0.25, 0.3) is 0 Å². The normalized spacial score (nSPS) is 30.0. The van der Waals surface area contributed by atoms with Gasteiger partial charge < -0.3 is 10.4 Å². The third-order valence-corrected chi connectivity index (χ3v) is 4.58. The van der Waals surface area contributed by atoms with Crippen molar-refractivity contribution in [1.29, 1.82) is 0 Å². The summed E-state index contributed by atoms with van der Waals surface area (Å²) in [4.78, 5) is 0. The summed E-state index contributed by atoms with van der Waals surface area (Å²) in [5, 5.41) is 12.7. The first-order chi connectivity index (χ1) is 9.78. The highest BCUT2D eigenvalue weighted by Crippen LogP contribution is 2.35. The molecule has 106 valence electrons. The quantitative estimate of drug-likeness (QED) is 0.884. The summed E-state index contributed by atoms with van der Waals surface area (Å²) >= 11 is 0. The lowest BCUT2D eigenvalue weighted by molar-refractivity contribution is 0.254. The molecule has 0 amide bonds. The molecule has 1 heterocycles. The molecule has 1 aromatic carbocycles. The molecular formula is C18H23NO. The second-order valence-corrected chi connectivity index (χ2v) is 6.03. The molecule has 1 saturated heterocycles. The van der Waals surface area contributed by atoms with Gasteiger partial charge in [0.1, 0.15) is 0 Å². The molecule has 0 radical (unpaired) electrons. The number of allylic oxidation sites excluding steroid dienone is 3. The Balaban J connectivity index is 1.82. The molecule has 1 fully saturated rings. The maximum absolute atomic E-state index is 9.26. The Morgan fingerprint density at radius 2 is 2.05 bits per heavy atom. The van der Waals surface area contributed by atoms with E-state index in [1.807, 2.05) is 0 Å². The molecule has 0 bridgehead atoms. The Bertz CT molecular complexity index is 517. The van der Waals surface area contributed by atoms with E-state index in [-0.39, 0.29) is 12.6 Å². The van der Waals surface area contributed by atoms with Crippen molar-refractivity contribution in [3.05, 3.63) is 53.6 Å². The largest absolute Gasteiger partial charge is 0.395 e. The zero-order valence-corrected chi connectivity index (χ0v) is 12.0. The van der Waals surface area contributed by atoms with Crippen molar-refractivity contribution in [2.75, 3.05) is 13.2 Å². The summed E-state index contributed by atoms with van der Waals surface area (Å²) < 4.78 is 0. The molecule has 3 atom stereocenters. The van der Waals surface area contributed by atoms with Crippen LogP contribution in [0.4, 0.5) is 0 Å². The van der Waals surface area contributed by atoms with Crippen molar-refractivity contribution in [2.45, 2.75) is 25.8 Å². The molecule has 0 aromatic heterocycles. The fourth-order valence-corrected chi connectivity index (χ4v) is 3.32. The first-order valence-corrected chi connectivity index (χ1v) is 7.59. The van der Waals surface area contributed by atoms with Gasteiger partial charge in [-0.2, -0.15) is 0 Å². The van der Waals surface area contributed by atoms with Crippen LogP contribution in [0.5, 0.6) is 0 Å². The number of aliphatic hydroxyl groups is 1. The number of nitrogens with one attached hydrogen (secondary N) is 1. The molecule has 3 rings (SSSR count). The monoisotopic (exact) mass is 269 g/mol. The molecule has 0 saturated carbocycles. The van der Waals surface area contributed by atoms with Crippen molar-refractivity contribution in [1.82, 2.24) is 5.32 Å². The van der Waals surface area contributed by atoms with Crippen molar-refractivity contribution in [3.63, 3.8) is 0 Å². The van der Waals surface area contributed by atoms with Crippen LogP contribution in [0.15, 0.2) is 48.1 Å². The highest BCUT2D eigenvalue weighted by molar-refractivity contribution is 5.71. The maximum atomic E-state index is 9.26. The van der Waals surface area contributed by atoms with Crippen LogP contribution in [0.25, 0.3) is 5.57 Å². The van der Waals surface area contributed by atoms with Gasteiger partial charge in [0.2, 0.25) is 0 Å². The van der Waals surface area contributed by atoms with Crippen LogP contribution in [0.3, 0.4) is 0 Å². The fourth-order valence-electron chi connectivity index (χ4n) is 3.32. The number of hydrogen-bond acceptors (Lipinski definition) is 2. The van der Waals surface area contributed by atoms with E-state index in [1.54, 1.807) is 0 Å². The minimum Gasteiger partial charge on any atom is -0.395 e. The van der Waals surface area contributed by atoms with Crippen LogP contribution in [0.1, 0.15) is 25.3 Å². The Kier molecular flexibility index (Phi) is 4.04. The maximum Gasteiger partial charge on any atom is 0.0584 e. The standard InChI is InChI=1S/C18H23NO/c1-13-7-8-15(16-9-17(12-20)19-11-16)10-18(13)14-5-3-2-4-6-14/h2-6,8,10,13,16-17,19-20H,7,9,11-12H2,1H3/t13?,16-,17+/m0/s1. The highest BCUT2D eigenvalue weighted by atomic mass is 16.3. The van der Waals surface area contributed by atoms with Gasteiger partial charge >= 0.3 is 0 Å². The molecule has 0 spiro atoms. The predicted octanol–water partition coefficient (Wildman–Crippen LogP) is 3.01. The van der Waals surface area contributed by atoms with Crippen LogP contribution < -0.4 is 5.32 Å². The van der Waals surface area contributed by atoms with Crippen molar-refractivity contribution in [2.24, 2.45) is 11.8 Å². The van der Waals surface area contributed by atoms with Gasteiger partial charge in [-0.25, -0.2) is 0 Å². The summed E-state index contributed by atoms with van der Waals surface area (Å²) in [6, 6.07) is 11.0. The van der Waals surface area contributed by atoms with E-state index in [2.05, 4.69) is 54.7 Å². The Morgan fingerprint density at radius 3 is 2.75 bits per heavy atom. The molecule has 2 nitrogen and oxygen atoms in total. The zero-order valence-electron chi connectivity index (χ0n) is 12.0. The number of rotatable bonds is 3. The SMILES string of the molecule is CC1CC=C([C@@H]2CN[C@@H](CO)C2)C=C1c1ccccc1. The topological polar surface area (TPSA) is 32.3 Å². The molecule has 2 N–H and O–H groups in total. The third kappa shape index (κ3) is 2.72. The first kappa shape index (κ1) is 13.6. The Labute approximate surface area is 121 Å². The van der Waals surface area contributed by atoms with Crippen LogP contribution in [0, 0.1) is 11.8 Å². The third-order valence-electron chi connectivity index (χ3n) is 4.58. The Morgan fingerprint density at radius 1 is 1.25 bits per heavy atom. The van der Waals surface area contributed by atoms with Gasteiger partial charge in [0.15, 0.2) is 0 Å². The van der Waals surface area contributed by atoms with E-state index in [9.17, 15) is 5.11 Å². The van der Waals surface area contributed by atoms with E-state index < -0.39 is 0 Å². The second-order valence-electron chi connectivity index (χ2n) is 6.03. The van der Waals surface area contributed by atoms with E-state index in [0.29, 0.717) is 11.8 Å². The van der Waals surface area contributed by atoms with Gasteiger partial charge in [0.05, 0.1) is 6.61 Å². The van der Waals surface area contributed by atoms with E-state index in [4.69, 9.17) is 0 Å². The summed E-state index contributed by atoms with van der Waals surface area (Å²) in [5.74, 6) is 1.14. The number of aliphatic hydroxyl groups excluding tert-OH is 1. The van der Waals surface area contributed by atoms with Crippen molar-refractivity contribution >= 4 is 5.57 Å². The van der Waals surface area contributed by atoms with E-state index in [0.717, 1.165) is 19.4 Å². The van der Waals surface area contributed by atoms with Crippen LogP contribution in [0.2, 0.25) is 0 Å². The van der Waals surface area contributed by atoms with Crippen LogP contribution in [-0.2, 0) is 0 Å². The molecule has 20 heavy (non-hydrogen) atoms. The summed E-state index contributed by atoms with van der Waals surface area (Å²) in [5.41, 5.74) is 4.25. The summed E-state index contributed by atoms with van der Waals surface area (Å²) in [6.45, 7) is 3.54. The predicted molar refractivity (Wildman–Crippen MR) is 83.3 cm³/mol. The lowest BCUT2D eigenvalue weighted by Gasteiger charge is -2.23. The molecule has 2 heteroatoms. The van der Waals surface area contributed by atoms with Crippen LogP contribution in [-0.4, -0.2) is 24.3 Å². The Hall–Kier alpha value is -1.38. The second kappa shape index (κ2) is 5.94. The van der Waals surface area contributed by atoms with Crippen molar-refractivity contribution in [3.8, 4) is 0 Å². The van der Waals surface area contributed by atoms with E-state index in [1.165, 1.54) is 16.7 Å². The number of benzene rings is 1. The molecule has 1 unspecified atom stereocenters. The fraction of sp³-hybridized carbons (Fsp3) is 0.444. The molecular weight excluding hydrogens is 246 g/mol. The van der Waals surface area contributed by atoms with Gasteiger partial charge in [-0.05, 0) is 41.4 Å². The first-order valence-electron chi connectivity index (χ1n) is 7.59. The summed E-state index contributed by atoms with van der Waals surface area (Å²) in [7, 11) is 0. The lowest BCUT2D eigenvalue weighted by Crippen LogP contribution is -2.24. The summed E-state index contributed by atoms with van der Waals surface area (Å²) in [6.07, 6.45) is 6.95. The molecule has 1 aliphatic heterocycles. The van der Waals surface area contributed by atoms with Gasteiger partial charge in [-0.1, -0.05) is 49.4 Å². The highest BCUT2D eigenvalue weighted by Gasteiger charge is 2.27. The molecule has 1 aromatic rings. The van der Waals surface area contributed by atoms with Gasteiger partial charge in [-0.15, -0.1) is 0 Å². The van der Waals surface area contributed by atoms with Crippen LogP contribution >= 0.6 is 0 Å². The average Bonchev–Trinajstić information content (AvgIpc) is 2.97. The molecule has 1 aliphatic carbocycles. The zero-order chi connectivity index (χ0) is 13.9. The van der Waals surface area contributed by atoms with Gasteiger partial charge in [0, 0.05) is 12.6 Å². The molecule has 2 aliphatic rings. The van der Waals surface area contributed by atoms with Gasteiger partial charge in [-0.3, -0.25) is 0 Å². The number of hydrogen-bond donors (Lipinski definition) is 2. The average molecular weight is 269 g/mol. The van der Waals surface area contributed by atoms with E-state index >= 15 is 0 Å². The van der Waals surface area contributed by atoms with Crippen molar-refractivity contribution < 1.29 is 5.11 Å². The smallest absolute Gasteiger partial charge is 0.0584 e. The minimum absolute atomic E-state index is 0.245. The minimum atomic E-state index is 0.245.